The van der Waals surface area contributed by atoms with Gasteiger partial charge in [-0.1, -0.05) is 29.3 Å². The summed E-state index contributed by atoms with van der Waals surface area (Å²) in [6, 6.07) is 2.94. The lowest BCUT2D eigenvalue weighted by Crippen LogP contribution is -2.32. The topological polar surface area (TPSA) is 89.3 Å². The fourth-order valence-electron chi connectivity index (χ4n) is 1.89. The van der Waals surface area contributed by atoms with Crippen molar-refractivity contribution in [1.82, 2.24) is 5.32 Å². The molecule has 0 fully saturated rings. The fourth-order valence-corrected chi connectivity index (χ4v) is 3.31. The second-order valence-electron chi connectivity index (χ2n) is 4.79. The van der Waals surface area contributed by atoms with Gasteiger partial charge in [-0.3, -0.25) is 4.79 Å². The first-order valence-electron chi connectivity index (χ1n) is 6.30. The Hall–Kier alpha value is -0.920. The number of carbonyl (C=O) groups is 1. The number of hydrogen-bond acceptors (Lipinski definition) is 3. The van der Waals surface area contributed by atoms with Crippen molar-refractivity contribution in [3.63, 3.8) is 0 Å². The second kappa shape index (κ2) is 6.69. The van der Waals surface area contributed by atoms with Crippen molar-refractivity contribution < 1.29 is 13.2 Å². The SMILES string of the molecule is CCCC(C)NC(=O)c1cc(Br)c(C)c(S(N)(=O)=O)c1. The van der Waals surface area contributed by atoms with Crippen LogP contribution in [0.4, 0.5) is 0 Å². The molecule has 1 amide bonds. The summed E-state index contributed by atoms with van der Waals surface area (Å²) in [5.41, 5.74) is 0.764. The summed E-state index contributed by atoms with van der Waals surface area (Å²) in [5.74, 6) is -0.309. The molecule has 0 bridgehead atoms. The minimum absolute atomic E-state index is 0.0329. The molecule has 0 saturated carbocycles. The predicted octanol–water partition coefficient (Wildman–Crippen LogP) is 2.32. The molecule has 112 valence electrons. The van der Waals surface area contributed by atoms with Crippen molar-refractivity contribution in [3.05, 3.63) is 27.7 Å². The van der Waals surface area contributed by atoms with E-state index in [-0.39, 0.29) is 22.4 Å². The lowest BCUT2D eigenvalue weighted by Gasteiger charge is -2.14. The van der Waals surface area contributed by atoms with Crippen LogP contribution in [0.5, 0.6) is 0 Å². The highest BCUT2D eigenvalue weighted by atomic mass is 79.9. The maximum atomic E-state index is 12.1. The first-order valence-corrected chi connectivity index (χ1v) is 8.64. The minimum atomic E-state index is -3.86. The Labute approximate surface area is 128 Å². The zero-order chi connectivity index (χ0) is 15.5. The highest BCUT2D eigenvalue weighted by molar-refractivity contribution is 9.10. The molecule has 0 spiro atoms. The van der Waals surface area contributed by atoms with Crippen LogP contribution < -0.4 is 10.5 Å². The fraction of sp³-hybridized carbons (Fsp3) is 0.462. The standard InChI is InChI=1S/C13H19BrN2O3S/c1-4-5-8(2)16-13(17)10-6-11(14)9(3)12(7-10)20(15,18)19/h6-8H,4-5H2,1-3H3,(H,16,17)(H2,15,18,19). The highest BCUT2D eigenvalue weighted by Crippen LogP contribution is 2.25. The van der Waals surface area contributed by atoms with E-state index in [1.54, 1.807) is 13.0 Å². The van der Waals surface area contributed by atoms with E-state index in [0.29, 0.717) is 10.0 Å². The largest absolute Gasteiger partial charge is 0.350 e. The monoisotopic (exact) mass is 362 g/mol. The summed E-state index contributed by atoms with van der Waals surface area (Å²) >= 11 is 3.25. The van der Waals surface area contributed by atoms with Crippen LogP contribution in [0.15, 0.2) is 21.5 Å². The van der Waals surface area contributed by atoms with Crippen molar-refractivity contribution in [1.29, 1.82) is 0 Å². The Kier molecular flexibility index (Phi) is 5.73. The van der Waals surface area contributed by atoms with E-state index in [4.69, 9.17) is 5.14 Å². The molecule has 1 rings (SSSR count). The van der Waals surface area contributed by atoms with Gasteiger partial charge in [-0.25, -0.2) is 13.6 Å². The van der Waals surface area contributed by atoms with Crippen LogP contribution in [0, 0.1) is 6.92 Å². The quantitative estimate of drug-likeness (QED) is 0.841. The minimum Gasteiger partial charge on any atom is -0.350 e. The summed E-state index contributed by atoms with van der Waals surface area (Å²) in [6.45, 7) is 5.57. The van der Waals surface area contributed by atoms with Crippen molar-refractivity contribution in [3.8, 4) is 0 Å². The molecule has 1 aromatic carbocycles. The van der Waals surface area contributed by atoms with Gasteiger partial charge in [0.2, 0.25) is 10.0 Å². The Morgan fingerprint density at radius 1 is 1.45 bits per heavy atom. The summed E-state index contributed by atoms with van der Waals surface area (Å²) in [6.07, 6.45) is 1.82. The third-order valence-electron chi connectivity index (χ3n) is 2.96. The lowest BCUT2D eigenvalue weighted by atomic mass is 10.1. The van der Waals surface area contributed by atoms with Crippen LogP contribution in [0.1, 0.15) is 42.6 Å². The number of sulfonamides is 1. The smallest absolute Gasteiger partial charge is 0.251 e. The van der Waals surface area contributed by atoms with Crippen LogP contribution in [0.25, 0.3) is 0 Å². The molecular formula is C13H19BrN2O3S. The molecule has 1 unspecified atom stereocenters. The normalized spacial score (nSPS) is 13.1. The molecular weight excluding hydrogens is 344 g/mol. The number of primary sulfonamides is 1. The number of nitrogens with one attached hydrogen (secondary N) is 1. The van der Waals surface area contributed by atoms with Gasteiger partial charge < -0.3 is 5.32 Å². The van der Waals surface area contributed by atoms with Gasteiger partial charge in [0.25, 0.3) is 5.91 Å². The van der Waals surface area contributed by atoms with E-state index >= 15 is 0 Å². The molecule has 1 atom stereocenters. The van der Waals surface area contributed by atoms with Gasteiger partial charge in [0, 0.05) is 16.1 Å². The first kappa shape index (κ1) is 17.1. The molecule has 7 heteroatoms. The molecule has 0 saturated heterocycles. The van der Waals surface area contributed by atoms with Gasteiger partial charge >= 0.3 is 0 Å². The summed E-state index contributed by atoms with van der Waals surface area (Å²) < 4.78 is 23.6. The molecule has 20 heavy (non-hydrogen) atoms. The van der Waals surface area contributed by atoms with Crippen molar-refractivity contribution in [2.45, 2.75) is 44.6 Å². The van der Waals surface area contributed by atoms with Gasteiger partial charge in [-0.15, -0.1) is 0 Å². The van der Waals surface area contributed by atoms with E-state index in [1.807, 2.05) is 13.8 Å². The number of amides is 1. The molecule has 0 radical (unpaired) electrons. The molecule has 0 aliphatic heterocycles. The number of carbonyl (C=O) groups excluding carboxylic acids is 1. The van der Waals surface area contributed by atoms with Crippen LogP contribution >= 0.6 is 15.9 Å². The van der Waals surface area contributed by atoms with E-state index < -0.39 is 10.0 Å². The van der Waals surface area contributed by atoms with E-state index in [0.717, 1.165) is 12.8 Å². The Morgan fingerprint density at radius 3 is 2.55 bits per heavy atom. The number of benzene rings is 1. The molecule has 0 aliphatic carbocycles. The highest BCUT2D eigenvalue weighted by Gasteiger charge is 2.18. The van der Waals surface area contributed by atoms with E-state index in [9.17, 15) is 13.2 Å². The lowest BCUT2D eigenvalue weighted by molar-refractivity contribution is 0.0938. The van der Waals surface area contributed by atoms with Crippen molar-refractivity contribution >= 4 is 31.9 Å². The zero-order valence-electron chi connectivity index (χ0n) is 11.7. The molecule has 0 aromatic heterocycles. The van der Waals surface area contributed by atoms with E-state index in [1.165, 1.54) is 6.07 Å². The van der Waals surface area contributed by atoms with Crippen molar-refractivity contribution in [2.75, 3.05) is 0 Å². The Bertz CT molecular complexity index is 614. The molecule has 5 nitrogen and oxygen atoms in total. The molecule has 0 aliphatic rings. The van der Waals surface area contributed by atoms with Crippen LogP contribution in [0.2, 0.25) is 0 Å². The summed E-state index contributed by atoms with van der Waals surface area (Å²) in [5, 5.41) is 7.99. The van der Waals surface area contributed by atoms with Gasteiger partial charge in [-0.05, 0) is 38.0 Å². The molecule has 1 aromatic rings. The van der Waals surface area contributed by atoms with Gasteiger partial charge in [-0.2, -0.15) is 0 Å². The predicted molar refractivity (Wildman–Crippen MR) is 82.1 cm³/mol. The summed E-state index contributed by atoms with van der Waals surface area (Å²) in [4.78, 5) is 12.1. The summed E-state index contributed by atoms with van der Waals surface area (Å²) in [7, 11) is -3.86. The maximum Gasteiger partial charge on any atom is 0.251 e. The average Bonchev–Trinajstić information content (AvgIpc) is 2.30. The number of nitrogens with two attached hydrogens (primary N) is 1. The third-order valence-corrected chi connectivity index (χ3v) is 4.83. The number of hydrogen-bond donors (Lipinski definition) is 2. The maximum absolute atomic E-state index is 12.1. The van der Waals surface area contributed by atoms with Gasteiger partial charge in [0.05, 0.1) is 4.90 Å². The number of halogens is 1. The van der Waals surface area contributed by atoms with E-state index in [2.05, 4.69) is 21.2 Å². The average molecular weight is 363 g/mol. The van der Waals surface area contributed by atoms with Crippen LogP contribution in [0.3, 0.4) is 0 Å². The second-order valence-corrected chi connectivity index (χ2v) is 7.17. The van der Waals surface area contributed by atoms with Crippen LogP contribution in [-0.2, 0) is 10.0 Å². The molecule has 0 heterocycles. The number of rotatable bonds is 5. The van der Waals surface area contributed by atoms with Gasteiger partial charge in [0.15, 0.2) is 0 Å². The Balaban J connectivity index is 3.15. The zero-order valence-corrected chi connectivity index (χ0v) is 14.1. The van der Waals surface area contributed by atoms with Crippen molar-refractivity contribution in [2.24, 2.45) is 5.14 Å². The van der Waals surface area contributed by atoms with Gasteiger partial charge in [0.1, 0.15) is 0 Å². The third kappa shape index (κ3) is 4.29. The van der Waals surface area contributed by atoms with Crippen LogP contribution in [-0.4, -0.2) is 20.4 Å². The Morgan fingerprint density at radius 2 is 2.05 bits per heavy atom. The molecule has 3 N–H and O–H groups in total. The first-order chi connectivity index (χ1) is 9.16.